The van der Waals surface area contributed by atoms with Gasteiger partial charge >= 0.3 is 0 Å². The van der Waals surface area contributed by atoms with Crippen LogP contribution in [0.4, 0.5) is 0 Å². The highest BCUT2D eigenvalue weighted by Crippen LogP contribution is 2.20. The lowest BCUT2D eigenvalue weighted by Crippen LogP contribution is -2.35. The van der Waals surface area contributed by atoms with Crippen LogP contribution in [0.3, 0.4) is 0 Å². The van der Waals surface area contributed by atoms with Crippen LogP contribution in [0.15, 0.2) is 42.5 Å². The van der Waals surface area contributed by atoms with Crippen molar-refractivity contribution in [2.75, 3.05) is 13.1 Å². The molecule has 1 atom stereocenters. The highest BCUT2D eigenvalue weighted by atomic mass is 16.5. The molecule has 0 spiro atoms. The van der Waals surface area contributed by atoms with Gasteiger partial charge in [-0.15, -0.1) is 0 Å². The monoisotopic (exact) mass is 241 g/mol. The molecule has 0 aliphatic carbocycles. The third kappa shape index (κ3) is 2.55. The minimum atomic E-state index is 0.373. The fourth-order valence-electron chi connectivity index (χ4n) is 2.59. The summed E-state index contributed by atoms with van der Waals surface area (Å²) in [6.07, 6.45) is 2.77. The molecule has 1 saturated heterocycles. The molecule has 0 radical (unpaired) electrons. The third-order valence-electron chi connectivity index (χ3n) is 3.61. The lowest BCUT2D eigenvalue weighted by atomic mass is 10.1. The van der Waals surface area contributed by atoms with E-state index in [-0.39, 0.29) is 0 Å². The topological polar surface area (TPSA) is 21.3 Å². The minimum Gasteiger partial charge on any atom is -0.372 e. The zero-order valence-electron chi connectivity index (χ0n) is 10.6. The number of rotatable bonds is 3. The molecular weight excluding hydrogens is 222 g/mol. The van der Waals surface area contributed by atoms with Crippen LogP contribution in [0.2, 0.25) is 0 Å². The first kappa shape index (κ1) is 11.7. The van der Waals surface area contributed by atoms with E-state index in [1.54, 1.807) is 0 Å². The van der Waals surface area contributed by atoms with Gasteiger partial charge < -0.3 is 10.1 Å². The van der Waals surface area contributed by atoms with E-state index in [2.05, 4.69) is 47.8 Å². The lowest BCUT2D eigenvalue weighted by Gasteiger charge is -2.23. The Kier molecular flexibility index (Phi) is 3.58. The number of piperidine rings is 1. The number of hydrogen-bond acceptors (Lipinski definition) is 2. The van der Waals surface area contributed by atoms with E-state index in [0.29, 0.717) is 12.7 Å². The Morgan fingerprint density at radius 3 is 2.89 bits per heavy atom. The summed E-state index contributed by atoms with van der Waals surface area (Å²) in [5.41, 5.74) is 1.29. The smallest absolute Gasteiger partial charge is 0.0727 e. The van der Waals surface area contributed by atoms with E-state index in [1.165, 1.54) is 29.2 Å². The summed E-state index contributed by atoms with van der Waals surface area (Å²) in [5, 5.41) is 5.98. The van der Waals surface area contributed by atoms with E-state index in [1.807, 2.05) is 0 Å². The van der Waals surface area contributed by atoms with Crippen LogP contribution in [0.25, 0.3) is 10.8 Å². The maximum Gasteiger partial charge on any atom is 0.0727 e. The van der Waals surface area contributed by atoms with Gasteiger partial charge in [-0.2, -0.15) is 0 Å². The molecule has 2 heteroatoms. The van der Waals surface area contributed by atoms with Crippen molar-refractivity contribution in [1.29, 1.82) is 0 Å². The maximum atomic E-state index is 6.01. The Morgan fingerprint density at radius 2 is 2.00 bits per heavy atom. The molecular formula is C16H19NO. The largest absolute Gasteiger partial charge is 0.372 e. The number of nitrogens with one attached hydrogen (secondary N) is 1. The van der Waals surface area contributed by atoms with Gasteiger partial charge in [0.1, 0.15) is 0 Å². The van der Waals surface area contributed by atoms with Gasteiger partial charge in [-0.25, -0.2) is 0 Å². The van der Waals surface area contributed by atoms with Gasteiger partial charge in [0.05, 0.1) is 12.7 Å². The van der Waals surface area contributed by atoms with Crippen LogP contribution in [0, 0.1) is 0 Å². The molecule has 2 aromatic carbocycles. The fourth-order valence-corrected chi connectivity index (χ4v) is 2.59. The van der Waals surface area contributed by atoms with Gasteiger partial charge in [0.2, 0.25) is 0 Å². The van der Waals surface area contributed by atoms with Crippen molar-refractivity contribution in [3.63, 3.8) is 0 Å². The first-order chi connectivity index (χ1) is 8.93. The number of hydrogen-bond donors (Lipinski definition) is 1. The van der Waals surface area contributed by atoms with Crippen molar-refractivity contribution in [1.82, 2.24) is 5.32 Å². The van der Waals surface area contributed by atoms with E-state index >= 15 is 0 Å². The quantitative estimate of drug-likeness (QED) is 0.891. The average molecular weight is 241 g/mol. The van der Waals surface area contributed by atoms with E-state index in [9.17, 15) is 0 Å². The zero-order chi connectivity index (χ0) is 12.2. The standard InChI is InChI=1S/C16H19NO/c1-2-9-16-13(5-1)6-3-7-14(16)12-18-15-8-4-10-17-11-15/h1-3,5-7,9,15,17H,4,8,10-12H2. The average Bonchev–Trinajstić information content (AvgIpc) is 2.46. The van der Waals surface area contributed by atoms with Crippen molar-refractivity contribution >= 4 is 10.8 Å². The Bertz CT molecular complexity index is 512. The first-order valence-electron chi connectivity index (χ1n) is 6.72. The van der Waals surface area contributed by atoms with E-state index in [4.69, 9.17) is 4.74 Å². The summed E-state index contributed by atoms with van der Waals surface area (Å²) in [4.78, 5) is 0. The second kappa shape index (κ2) is 5.51. The van der Waals surface area contributed by atoms with E-state index in [0.717, 1.165) is 13.1 Å². The van der Waals surface area contributed by atoms with Crippen LogP contribution in [-0.2, 0) is 11.3 Å². The SMILES string of the molecule is c1ccc2c(COC3CCCNC3)cccc2c1. The van der Waals surface area contributed by atoms with Gasteiger partial charge in [-0.1, -0.05) is 42.5 Å². The van der Waals surface area contributed by atoms with Gasteiger partial charge in [0, 0.05) is 6.54 Å². The zero-order valence-corrected chi connectivity index (χ0v) is 10.6. The molecule has 3 rings (SSSR count). The van der Waals surface area contributed by atoms with Gasteiger partial charge in [-0.05, 0) is 35.7 Å². The second-order valence-electron chi connectivity index (χ2n) is 4.92. The van der Waals surface area contributed by atoms with Crippen molar-refractivity contribution in [2.24, 2.45) is 0 Å². The third-order valence-corrected chi connectivity index (χ3v) is 3.61. The first-order valence-corrected chi connectivity index (χ1v) is 6.72. The van der Waals surface area contributed by atoms with Crippen LogP contribution < -0.4 is 5.32 Å². The predicted molar refractivity (Wildman–Crippen MR) is 74.6 cm³/mol. The second-order valence-corrected chi connectivity index (χ2v) is 4.92. The highest BCUT2D eigenvalue weighted by molar-refractivity contribution is 5.85. The van der Waals surface area contributed by atoms with Crippen LogP contribution in [-0.4, -0.2) is 19.2 Å². The molecule has 2 aromatic rings. The number of ether oxygens (including phenoxy) is 1. The highest BCUT2D eigenvalue weighted by Gasteiger charge is 2.13. The molecule has 0 amide bonds. The summed E-state index contributed by atoms with van der Waals surface area (Å²) in [6, 6.07) is 14.9. The van der Waals surface area contributed by atoms with Gasteiger partial charge in [0.15, 0.2) is 0 Å². The lowest BCUT2D eigenvalue weighted by molar-refractivity contribution is 0.0258. The van der Waals surface area contributed by atoms with Crippen LogP contribution in [0.1, 0.15) is 18.4 Å². The fraction of sp³-hybridized carbons (Fsp3) is 0.375. The predicted octanol–water partition coefficient (Wildman–Crippen LogP) is 3.11. The number of fused-ring (bicyclic) bond motifs is 1. The molecule has 1 aliphatic rings. The minimum absolute atomic E-state index is 0.373. The summed E-state index contributed by atoms with van der Waals surface area (Å²) < 4.78 is 6.01. The molecule has 1 unspecified atom stereocenters. The van der Waals surface area contributed by atoms with Crippen molar-refractivity contribution < 1.29 is 4.74 Å². The summed E-state index contributed by atoms with van der Waals surface area (Å²) >= 11 is 0. The van der Waals surface area contributed by atoms with Crippen molar-refractivity contribution in [3.8, 4) is 0 Å². The Morgan fingerprint density at radius 1 is 1.11 bits per heavy atom. The van der Waals surface area contributed by atoms with Crippen LogP contribution in [0.5, 0.6) is 0 Å². The molecule has 18 heavy (non-hydrogen) atoms. The molecule has 0 bridgehead atoms. The van der Waals surface area contributed by atoms with Crippen LogP contribution >= 0.6 is 0 Å². The summed E-state index contributed by atoms with van der Waals surface area (Å²) in [5.74, 6) is 0. The molecule has 0 saturated carbocycles. The normalized spacial score (nSPS) is 20.1. The van der Waals surface area contributed by atoms with Crippen molar-refractivity contribution in [3.05, 3.63) is 48.0 Å². The van der Waals surface area contributed by atoms with Gasteiger partial charge in [-0.3, -0.25) is 0 Å². The van der Waals surface area contributed by atoms with E-state index < -0.39 is 0 Å². The molecule has 94 valence electrons. The molecule has 1 N–H and O–H groups in total. The van der Waals surface area contributed by atoms with Crippen molar-refractivity contribution in [2.45, 2.75) is 25.6 Å². The molecule has 0 aromatic heterocycles. The molecule has 1 heterocycles. The molecule has 1 aliphatic heterocycles. The maximum absolute atomic E-state index is 6.01. The van der Waals surface area contributed by atoms with Gasteiger partial charge in [0.25, 0.3) is 0 Å². The number of benzene rings is 2. The molecule has 2 nitrogen and oxygen atoms in total. The Balaban J connectivity index is 1.74. The molecule has 1 fully saturated rings. The Labute approximate surface area is 108 Å². The Hall–Kier alpha value is -1.38. The summed E-state index contributed by atoms with van der Waals surface area (Å²) in [6.45, 7) is 2.84. The summed E-state index contributed by atoms with van der Waals surface area (Å²) in [7, 11) is 0.